The van der Waals surface area contributed by atoms with Crippen molar-refractivity contribution in [2.45, 2.75) is 52.4 Å². The van der Waals surface area contributed by atoms with Gasteiger partial charge in [-0.05, 0) is 73.2 Å². The summed E-state index contributed by atoms with van der Waals surface area (Å²) in [6.07, 6.45) is -0.629. The number of aromatic nitrogens is 3. The summed E-state index contributed by atoms with van der Waals surface area (Å²) in [5.41, 5.74) is 5.31. The fraction of sp³-hybridized carbons (Fsp3) is 0.273. The predicted octanol–water partition coefficient (Wildman–Crippen LogP) is 8.41. The maximum Gasteiger partial charge on any atom is 0.573 e. The van der Waals surface area contributed by atoms with Gasteiger partial charge in [-0.2, -0.15) is 4.99 Å². The molecule has 1 N–H and O–H groups in total. The summed E-state index contributed by atoms with van der Waals surface area (Å²) in [6.45, 7) is 8.38. The number of carbonyl (C=O) groups is 1. The molecular formula is C33H33F3N6O2S. The van der Waals surface area contributed by atoms with Crippen LogP contribution in [0.25, 0.3) is 22.6 Å². The summed E-state index contributed by atoms with van der Waals surface area (Å²) in [5, 5.41) is 7.94. The van der Waals surface area contributed by atoms with Crippen LogP contribution in [0.1, 0.15) is 51.2 Å². The molecule has 3 aromatic carbocycles. The fourth-order valence-corrected chi connectivity index (χ4v) is 6.11. The Bertz CT molecular complexity index is 1700. The summed E-state index contributed by atoms with van der Waals surface area (Å²) in [6, 6.07) is 20.9. The number of rotatable bonds is 7. The molecule has 1 fully saturated rings. The maximum absolute atomic E-state index is 12.9. The molecule has 8 nitrogen and oxygen atoms in total. The minimum Gasteiger partial charge on any atom is -0.406 e. The van der Waals surface area contributed by atoms with Crippen LogP contribution in [-0.2, 0) is 0 Å². The van der Waals surface area contributed by atoms with Crippen molar-refractivity contribution in [3.05, 3.63) is 96.5 Å². The highest BCUT2D eigenvalue weighted by molar-refractivity contribution is 8.14. The number of hydrogen-bond donors (Lipinski definition) is 1. The first-order valence-corrected chi connectivity index (χ1v) is 15.4. The number of nitrogens with one attached hydrogen (secondary N) is 1. The van der Waals surface area contributed by atoms with Gasteiger partial charge in [-0.1, -0.05) is 68.1 Å². The van der Waals surface area contributed by atoms with Crippen LogP contribution in [0.15, 0.2) is 90.3 Å². The number of para-hydroxylation sites is 1. The molecule has 1 aliphatic heterocycles. The zero-order valence-electron chi connectivity index (χ0n) is 25.2. The van der Waals surface area contributed by atoms with Gasteiger partial charge in [0.2, 0.25) is 0 Å². The van der Waals surface area contributed by atoms with Crippen LogP contribution in [0.3, 0.4) is 0 Å². The number of thioether (sulfide) groups is 1. The third kappa shape index (κ3) is 7.93. The lowest BCUT2D eigenvalue weighted by molar-refractivity contribution is -0.274. The Balaban J connectivity index is 1.25. The normalized spacial score (nSPS) is 16.7. The first kappa shape index (κ1) is 31.8. The maximum atomic E-state index is 12.9. The summed E-state index contributed by atoms with van der Waals surface area (Å²) in [5.74, 6) is 1.36. The van der Waals surface area contributed by atoms with Crippen LogP contribution in [0.5, 0.6) is 5.75 Å². The van der Waals surface area contributed by atoms with Crippen molar-refractivity contribution in [3.8, 4) is 22.8 Å². The SMILES string of the molecule is C/C(=C\NC(=O)/N=C1\SCCC(C)N1c1ccccc1C(C)C)c1ccc(-c2ncn(-c3ccc(OC(F)(F)F)cc3)n2)cc1. The third-order valence-corrected chi connectivity index (χ3v) is 8.25. The summed E-state index contributed by atoms with van der Waals surface area (Å²) < 4.78 is 42.7. The molecule has 0 radical (unpaired) electrons. The van der Waals surface area contributed by atoms with Crippen LogP contribution in [0.4, 0.5) is 23.7 Å². The highest BCUT2D eigenvalue weighted by Gasteiger charge is 2.31. The Morgan fingerprint density at radius 1 is 1.09 bits per heavy atom. The van der Waals surface area contributed by atoms with Gasteiger partial charge in [-0.25, -0.2) is 14.5 Å². The van der Waals surface area contributed by atoms with E-state index in [1.807, 2.05) is 43.3 Å². The molecule has 1 aromatic heterocycles. The van der Waals surface area contributed by atoms with E-state index in [1.165, 1.54) is 40.8 Å². The van der Waals surface area contributed by atoms with E-state index >= 15 is 0 Å². The second-order valence-corrected chi connectivity index (χ2v) is 11.9. The molecule has 45 heavy (non-hydrogen) atoms. The van der Waals surface area contributed by atoms with Crippen LogP contribution < -0.4 is 15.0 Å². The first-order chi connectivity index (χ1) is 21.5. The van der Waals surface area contributed by atoms with Gasteiger partial charge >= 0.3 is 12.4 Å². The molecule has 0 spiro atoms. The number of urea groups is 1. The molecule has 4 aromatic rings. The van der Waals surface area contributed by atoms with Crippen molar-refractivity contribution < 1.29 is 22.7 Å². The van der Waals surface area contributed by atoms with Gasteiger partial charge in [0.1, 0.15) is 12.1 Å². The van der Waals surface area contributed by atoms with E-state index < -0.39 is 12.4 Å². The van der Waals surface area contributed by atoms with Crippen LogP contribution in [0, 0.1) is 0 Å². The van der Waals surface area contributed by atoms with E-state index in [1.54, 1.807) is 18.0 Å². The van der Waals surface area contributed by atoms with Gasteiger partial charge in [0.25, 0.3) is 0 Å². The van der Waals surface area contributed by atoms with Crippen molar-refractivity contribution in [1.29, 1.82) is 0 Å². The van der Waals surface area contributed by atoms with Gasteiger partial charge in [-0.3, -0.25) is 0 Å². The molecule has 0 aliphatic carbocycles. The summed E-state index contributed by atoms with van der Waals surface area (Å²) in [4.78, 5) is 23.9. The molecule has 2 heterocycles. The van der Waals surface area contributed by atoms with E-state index in [0.717, 1.165) is 34.6 Å². The standard InChI is InChI=1S/C33H33F3N6O2S/c1-21(2)28-7-5-6-8-29(28)42-23(4)17-18-45-32(42)39-31(43)37-19-22(3)24-9-11-25(12-10-24)30-38-20-41(40-30)26-13-15-27(16-14-26)44-33(34,35)36/h5-16,19-21,23H,17-18H2,1-4H3,(H,37,43)/b22-19+,39-32-. The number of anilines is 1. The van der Waals surface area contributed by atoms with Crippen LogP contribution in [0.2, 0.25) is 0 Å². The number of nitrogens with zero attached hydrogens (tertiary/aromatic N) is 5. The van der Waals surface area contributed by atoms with Crippen molar-refractivity contribution in [3.63, 3.8) is 0 Å². The number of ether oxygens (including phenoxy) is 1. The lowest BCUT2D eigenvalue weighted by atomic mass is 9.99. The number of hydrogen-bond acceptors (Lipinski definition) is 5. The second kappa shape index (κ2) is 13.6. The molecule has 234 valence electrons. The fourth-order valence-electron chi connectivity index (χ4n) is 4.90. The number of aliphatic imine (C=N–C) groups is 1. The van der Waals surface area contributed by atoms with Crippen LogP contribution in [-0.4, -0.2) is 44.1 Å². The third-order valence-electron chi connectivity index (χ3n) is 7.27. The molecule has 1 aliphatic rings. The Hall–Kier alpha value is -4.58. The number of halogens is 3. The number of alkyl halides is 3. The summed E-state index contributed by atoms with van der Waals surface area (Å²) >= 11 is 1.59. The summed E-state index contributed by atoms with van der Waals surface area (Å²) in [7, 11) is 0. The van der Waals surface area contributed by atoms with Gasteiger partial charge in [0.05, 0.1) is 5.69 Å². The average Bonchev–Trinajstić information content (AvgIpc) is 3.50. The Kier molecular flexibility index (Phi) is 9.62. The molecule has 1 atom stereocenters. The number of amides is 2. The Labute approximate surface area is 264 Å². The van der Waals surface area contributed by atoms with Crippen molar-refractivity contribution >= 4 is 34.2 Å². The Morgan fingerprint density at radius 3 is 2.49 bits per heavy atom. The van der Waals surface area contributed by atoms with E-state index in [9.17, 15) is 18.0 Å². The highest BCUT2D eigenvalue weighted by atomic mass is 32.2. The molecule has 0 bridgehead atoms. The molecule has 0 saturated carbocycles. The van der Waals surface area contributed by atoms with Crippen molar-refractivity contribution in [1.82, 2.24) is 20.1 Å². The monoisotopic (exact) mass is 634 g/mol. The number of carbonyl (C=O) groups excluding carboxylic acids is 1. The highest BCUT2D eigenvalue weighted by Crippen LogP contribution is 2.34. The van der Waals surface area contributed by atoms with Crippen molar-refractivity contribution in [2.75, 3.05) is 10.7 Å². The molecule has 12 heteroatoms. The van der Waals surface area contributed by atoms with Gasteiger partial charge in [-0.15, -0.1) is 18.3 Å². The number of amidine groups is 1. The second-order valence-electron chi connectivity index (χ2n) is 10.9. The number of benzene rings is 3. The predicted molar refractivity (Wildman–Crippen MR) is 173 cm³/mol. The first-order valence-electron chi connectivity index (χ1n) is 14.4. The zero-order valence-corrected chi connectivity index (χ0v) is 26.1. The average molecular weight is 635 g/mol. The minimum atomic E-state index is -4.75. The van der Waals surface area contributed by atoms with E-state index in [4.69, 9.17) is 0 Å². The van der Waals surface area contributed by atoms with Crippen molar-refractivity contribution in [2.24, 2.45) is 4.99 Å². The number of allylic oxidation sites excluding steroid dienone is 1. The minimum absolute atomic E-state index is 0.216. The van der Waals surface area contributed by atoms with Crippen LogP contribution >= 0.6 is 11.8 Å². The largest absolute Gasteiger partial charge is 0.573 e. The molecule has 2 amide bonds. The Morgan fingerprint density at radius 2 is 1.80 bits per heavy atom. The van der Waals surface area contributed by atoms with Gasteiger partial charge in [0, 0.05) is 29.2 Å². The molecule has 5 rings (SSSR count). The topological polar surface area (TPSA) is 84.6 Å². The van der Waals surface area contributed by atoms with Gasteiger partial charge in [0.15, 0.2) is 11.0 Å². The van der Waals surface area contributed by atoms with E-state index in [0.29, 0.717) is 22.6 Å². The molecular weight excluding hydrogens is 601 g/mol. The van der Waals surface area contributed by atoms with Gasteiger partial charge < -0.3 is 15.0 Å². The molecule has 1 saturated heterocycles. The lowest BCUT2D eigenvalue weighted by Crippen LogP contribution is -2.42. The quantitative estimate of drug-likeness (QED) is 0.220. The zero-order chi connectivity index (χ0) is 32.1. The smallest absolute Gasteiger partial charge is 0.406 e. The lowest BCUT2D eigenvalue weighted by Gasteiger charge is -2.37. The van der Waals surface area contributed by atoms with E-state index in [-0.39, 0.29) is 11.8 Å². The molecule has 1 unspecified atom stereocenters. The van der Waals surface area contributed by atoms with E-state index in [2.05, 4.69) is 62.9 Å².